The van der Waals surface area contributed by atoms with E-state index in [4.69, 9.17) is 4.74 Å². The molecule has 98 valence electrons. The lowest BCUT2D eigenvalue weighted by atomic mass is 10.1. The number of halogens is 1. The Morgan fingerprint density at radius 3 is 2.56 bits per heavy atom. The van der Waals surface area contributed by atoms with Gasteiger partial charge in [0.2, 0.25) is 5.82 Å². The summed E-state index contributed by atoms with van der Waals surface area (Å²) in [7, 11) is 0. The molecule has 0 saturated carbocycles. The molecule has 1 aromatic rings. The number of nitro benzene ring substituents is 1. The zero-order valence-corrected chi connectivity index (χ0v) is 10.2. The summed E-state index contributed by atoms with van der Waals surface area (Å²) in [6.07, 6.45) is -0.761. The lowest BCUT2D eigenvalue weighted by Crippen LogP contribution is -2.42. The maximum absolute atomic E-state index is 13.0. The van der Waals surface area contributed by atoms with Gasteiger partial charge in [0, 0.05) is 5.54 Å². The minimum atomic E-state index is -0.983. The summed E-state index contributed by atoms with van der Waals surface area (Å²) in [4.78, 5) is 21.0. The molecule has 0 unspecified atom stereocenters. The van der Waals surface area contributed by atoms with Crippen LogP contribution in [0.3, 0.4) is 0 Å². The van der Waals surface area contributed by atoms with Crippen molar-refractivity contribution in [2.75, 3.05) is 0 Å². The largest absolute Gasteiger partial charge is 0.413 e. The van der Waals surface area contributed by atoms with Crippen LogP contribution in [0.1, 0.15) is 20.8 Å². The summed E-state index contributed by atoms with van der Waals surface area (Å²) < 4.78 is 17.8. The number of nitro groups is 1. The molecule has 0 atom stereocenters. The second kappa shape index (κ2) is 4.99. The van der Waals surface area contributed by atoms with Crippen molar-refractivity contribution in [2.24, 2.45) is 0 Å². The molecular formula is C11H13FN2O4. The number of hydrogen-bond acceptors (Lipinski definition) is 4. The quantitative estimate of drug-likeness (QED) is 0.651. The maximum Gasteiger partial charge on any atom is 0.413 e. The van der Waals surface area contributed by atoms with Crippen molar-refractivity contribution in [3.63, 3.8) is 0 Å². The number of hydrogen-bond donors (Lipinski definition) is 1. The molecule has 0 fully saturated rings. The zero-order valence-electron chi connectivity index (χ0n) is 10.2. The van der Waals surface area contributed by atoms with Gasteiger partial charge in [-0.2, -0.15) is 4.39 Å². The summed E-state index contributed by atoms with van der Waals surface area (Å²) in [6, 6.07) is 2.87. The average Bonchev–Trinajstić information content (AvgIpc) is 2.17. The Bertz CT molecular complexity index is 482. The topological polar surface area (TPSA) is 81.5 Å². The van der Waals surface area contributed by atoms with Gasteiger partial charge in [-0.05, 0) is 32.9 Å². The van der Waals surface area contributed by atoms with Crippen LogP contribution in [-0.2, 0) is 0 Å². The summed E-state index contributed by atoms with van der Waals surface area (Å²) in [6.45, 7) is 5.25. The van der Waals surface area contributed by atoms with Crippen LogP contribution >= 0.6 is 0 Å². The van der Waals surface area contributed by atoms with Crippen LogP contribution in [0, 0.1) is 15.9 Å². The second-order valence-electron chi connectivity index (χ2n) is 4.63. The van der Waals surface area contributed by atoms with Crippen molar-refractivity contribution < 1.29 is 18.8 Å². The van der Waals surface area contributed by atoms with Gasteiger partial charge in [-0.3, -0.25) is 10.1 Å². The first-order valence-corrected chi connectivity index (χ1v) is 5.13. The number of amides is 1. The predicted octanol–water partition coefficient (Wildman–Crippen LogP) is 2.62. The van der Waals surface area contributed by atoms with Gasteiger partial charge in [-0.1, -0.05) is 0 Å². The zero-order chi connectivity index (χ0) is 13.9. The molecule has 6 nitrogen and oxygen atoms in total. The number of benzene rings is 1. The lowest BCUT2D eigenvalue weighted by molar-refractivity contribution is -0.387. The van der Waals surface area contributed by atoms with Crippen LogP contribution in [0.25, 0.3) is 0 Å². The van der Waals surface area contributed by atoms with Crippen LogP contribution in [0.2, 0.25) is 0 Å². The number of nitrogens with zero attached hydrogens (tertiary/aromatic N) is 1. The average molecular weight is 256 g/mol. The Morgan fingerprint density at radius 2 is 2.06 bits per heavy atom. The fourth-order valence-electron chi connectivity index (χ4n) is 1.13. The molecule has 0 spiro atoms. The molecule has 1 rings (SSSR count). The predicted molar refractivity (Wildman–Crippen MR) is 62.0 cm³/mol. The van der Waals surface area contributed by atoms with Crippen LogP contribution in [0.5, 0.6) is 5.75 Å². The van der Waals surface area contributed by atoms with Crippen LogP contribution < -0.4 is 10.1 Å². The summed E-state index contributed by atoms with van der Waals surface area (Å²) in [5.74, 6) is -1.08. The highest BCUT2D eigenvalue weighted by atomic mass is 19.1. The minimum absolute atomic E-state index is 0.0927. The first-order valence-electron chi connectivity index (χ1n) is 5.13. The first kappa shape index (κ1) is 13.9. The van der Waals surface area contributed by atoms with Gasteiger partial charge in [-0.15, -0.1) is 0 Å². The fourth-order valence-corrected chi connectivity index (χ4v) is 1.13. The van der Waals surface area contributed by atoms with Crippen molar-refractivity contribution in [1.29, 1.82) is 0 Å². The van der Waals surface area contributed by atoms with E-state index in [1.54, 1.807) is 20.8 Å². The van der Waals surface area contributed by atoms with E-state index in [1.807, 2.05) is 0 Å². The third-order valence-corrected chi connectivity index (χ3v) is 1.80. The van der Waals surface area contributed by atoms with Gasteiger partial charge in [0.05, 0.1) is 11.0 Å². The normalized spacial score (nSPS) is 10.9. The number of carbonyl (C=O) groups excluding carboxylic acids is 1. The number of rotatable bonds is 2. The Labute approximate surface area is 103 Å². The van der Waals surface area contributed by atoms with Crippen molar-refractivity contribution in [3.05, 3.63) is 34.1 Å². The van der Waals surface area contributed by atoms with Crippen molar-refractivity contribution >= 4 is 11.8 Å². The molecule has 1 amide bonds. The van der Waals surface area contributed by atoms with E-state index in [0.29, 0.717) is 0 Å². The Morgan fingerprint density at radius 1 is 1.44 bits per heavy atom. The molecular weight excluding hydrogens is 243 g/mol. The van der Waals surface area contributed by atoms with Crippen LogP contribution in [0.4, 0.5) is 14.9 Å². The highest BCUT2D eigenvalue weighted by molar-refractivity contribution is 5.71. The third kappa shape index (κ3) is 4.00. The molecule has 0 aliphatic carbocycles. The van der Waals surface area contributed by atoms with Gasteiger partial charge in [0.1, 0.15) is 5.75 Å². The second-order valence-corrected chi connectivity index (χ2v) is 4.63. The number of ether oxygens (including phenoxy) is 1. The first-order chi connectivity index (χ1) is 8.19. The van der Waals surface area contributed by atoms with E-state index in [9.17, 15) is 19.3 Å². The Hall–Kier alpha value is -2.18. The van der Waals surface area contributed by atoms with Crippen molar-refractivity contribution in [1.82, 2.24) is 5.32 Å². The standard InChI is InChI=1S/C11H13FN2O4/c1-11(2,3)13-10(15)18-7-4-5-8(12)9(6-7)14(16)17/h4-6H,1-3H3,(H,13,15). The SMILES string of the molecule is CC(C)(C)NC(=O)Oc1ccc(F)c([N+](=O)[O-])c1. The molecule has 0 aliphatic rings. The molecule has 0 aliphatic heterocycles. The molecule has 7 heteroatoms. The van der Waals surface area contributed by atoms with Gasteiger partial charge in [-0.25, -0.2) is 4.79 Å². The number of nitrogens with one attached hydrogen (secondary N) is 1. The molecule has 0 saturated heterocycles. The van der Waals surface area contributed by atoms with Gasteiger partial charge < -0.3 is 10.1 Å². The molecule has 1 aromatic carbocycles. The molecule has 1 N–H and O–H groups in total. The summed E-state index contributed by atoms with van der Waals surface area (Å²) in [5, 5.41) is 13.0. The van der Waals surface area contributed by atoms with Gasteiger partial charge >= 0.3 is 11.8 Å². The van der Waals surface area contributed by atoms with E-state index in [-0.39, 0.29) is 5.75 Å². The van der Waals surface area contributed by atoms with Crippen molar-refractivity contribution in [3.8, 4) is 5.75 Å². The number of carbonyl (C=O) groups is 1. The minimum Gasteiger partial charge on any atom is -0.410 e. The highest BCUT2D eigenvalue weighted by Crippen LogP contribution is 2.23. The summed E-state index contributed by atoms with van der Waals surface area (Å²) in [5.41, 5.74) is -1.24. The lowest BCUT2D eigenvalue weighted by Gasteiger charge is -2.19. The Balaban J connectivity index is 2.83. The van der Waals surface area contributed by atoms with E-state index in [1.165, 1.54) is 0 Å². The smallest absolute Gasteiger partial charge is 0.410 e. The van der Waals surface area contributed by atoms with E-state index in [0.717, 1.165) is 18.2 Å². The molecule has 0 aromatic heterocycles. The van der Waals surface area contributed by atoms with E-state index in [2.05, 4.69) is 5.32 Å². The van der Waals surface area contributed by atoms with E-state index < -0.39 is 28.1 Å². The Kier molecular flexibility index (Phi) is 3.85. The maximum atomic E-state index is 13.0. The molecule has 18 heavy (non-hydrogen) atoms. The molecule has 0 bridgehead atoms. The third-order valence-electron chi connectivity index (χ3n) is 1.80. The fraction of sp³-hybridized carbons (Fsp3) is 0.364. The molecule has 0 heterocycles. The van der Waals surface area contributed by atoms with Crippen LogP contribution in [-0.4, -0.2) is 16.6 Å². The molecule has 0 radical (unpaired) electrons. The van der Waals surface area contributed by atoms with Gasteiger partial charge in [0.15, 0.2) is 0 Å². The highest BCUT2D eigenvalue weighted by Gasteiger charge is 2.18. The van der Waals surface area contributed by atoms with E-state index >= 15 is 0 Å². The van der Waals surface area contributed by atoms with Crippen molar-refractivity contribution in [2.45, 2.75) is 26.3 Å². The summed E-state index contributed by atoms with van der Waals surface area (Å²) >= 11 is 0. The monoisotopic (exact) mass is 256 g/mol. The van der Waals surface area contributed by atoms with Gasteiger partial charge in [0.25, 0.3) is 0 Å². The van der Waals surface area contributed by atoms with Crippen LogP contribution in [0.15, 0.2) is 18.2 Å².